The minimum Gasteiger partial charge on any atom is -0.423 e. The Morgan fingerprint density at radius 3 is 2.02 bits per heavy atom. The smallest absolute Gasteiger partial charge is 0.423 e. The van der Waals surface area contributed by atoms with Crippen molar-refractivity contribution < 1.29 is 34.0 Å². The van der Waals surface area contributed by atoms with Gasteiger partial charge in [-0.2, -0.15) is 0 Å². The van der Waals surface area contributed by atoms with E-state index in [4.69, 9.17) is 0 Å². The van der Waals surface area contributed by atoms with Gasteiger partial charge < -0.3 is 19.8 Å². The number of piperidine rings is 3. The molecule has 3 atom stereocenters. The molecule has 1 aliphatic carbocycles. The van der Waals surface area contributed by atoms with Gasteiger partial charge in [0.2, 0.25) is 17.7 Å². The molecule has 0 saturated carbocycles. The van der Waals surface area contributed by atoms with Gasteiger partial charge in [-0.25, -0.2) is 0 Å². The number of amides is 5. The van der Waals surface area contributed by atoms with Crippen LogP contribution in [0.4, 0.5) is 5.69 Å². The first-order chi connectivity index (χ1) is 29.5. The summed E-state index contributed by atoms with van der Waals surface area (Å²) >= 11 is 0. The summed E-state index contributed by atoms with van der Waals surface area (Å²) < 4.78 is 0. The van der Waals surface area contributed by atoms with Gasteiger partial charge in [-0.3, -0.25) is 39.1 Å². The van der Waals surface area contributed by atoms with Gasteiger partial charge in [-0.1, -0.05) is 60.7 Å². The minimum atomic E-state index is -1.48. The van der Waals surface area contributed by atoms with Crippen molar-refractivity contribution in [3.8, 4) is 0 Å². The molecule has 4 aromatic carbocycles. The predicted molar refractivity (Wildman–Crippen MR) is 229 cm³/mol. The molecule has 0 radical (unpaired) electrons. The van der Waals surface area contributed by atoms with Crippen molar-refractivity contribution in [1.29, 1.82) is 0 Å². The molecule has 0 bridgehead atoms. The number of anilines is 1. The molecule has 1 spiro atoms. The van der Waals surface area contributed by atoms with Gasteiger partial charge >= 0.3 is 7.12 Å². The number of nitrogens with one attached hydrogen (secondary N) is 1. The van der Waals surface area contributed by atoms with E-state index in [0.717, 1.165) is 80.7 Å². The van der Waals surface area contributed by atoms with E-state index in [2.05, 4.69) is 75.8 Å². The first-order valence-electron chi connectivity index (χ1n) is 21.8. The average molecular weight is 820 g/mol. The van der Waals surface area contributed by atoms with Crippen LogP contribution in [0.5, 0.6) is 0 Å². The second-order valence-electron chi connectivity index (χ2n) is 18.1. The maximum Gasteiger partial charge on any atom is 0.488 e. The zero-order chi connectivity index (χ0) is 42.0. The molecule has 5 amide bonds. The number of hydrogen-bond donors (Lipinski definition) is 3. The monoisotopic (exact) mass is 819 g/mol. The van der Waals surface area contributed by atoms with E-state index in [9.17, 15) is 34.0 Å². The third kappa shape index (κ3) is 7.26. The van der Waals surface area contributed by atoms with Gasteiger partial charge in [0.25, 0.3) is 11.8 Å². The Balaban J connectivity index is 0.735. The Hall–Kier alpha value is -5.63. The third-order valence-corrected chi connectivity index (χ3v) is 14.7. The van der Waals surface area contributed by atoms with Crippen molar-refractivity contribution in [2.45, 2.75) is 82.3 Å². The number of rotatable bonds is 7. The van der Waals surface area contributed by atoms with Crippen LogP contribution >= 0.6 is 0 Å². The number of carbonyl (C=O) groups excluding carboxylic acids is 5. The van der Waals surface area contributed by atoms with Gasteiger partial charge in [-0.05, 0) is 132 Å². The number of imide groups is 2. The molecular weight excluding hydrogens is 769 g/mol. The number of likely N-dealkylation sites (tertiary alicyclic amines) is 1. The molecule has 61 heavy (non-hydrogen) atoms. The summed E-state index contributed by atoms with van der Waals surface area (Å²) in [6, 6.07) is 28.2. The topological polar surface area (TPSA) is 151 Å². The van der Waals surface area contributed by atoms with Crippen molar-refractivity contribution >= 4 is 47.8 Å². The summed E-state index contributed by atoms with van der Waals surface area (Å²) in [5, 5.41) is 22.0. The average Bonchev–Trinajstić information content (AvgIpc) is 3.81. The molecule has 13 heteroatoms. The molecule has 12 nitrogen and oxygen atoms in total. The Bertz CT molecular complexity index is 2380. The van der Waals surface area contributed by atoms with Crippen LogP contribution in [0, 0.1) is 5.41 Å². The van der Waals surface area contributed by atoms with Gasteiger partial charge in [0.15, 0.2) is 0 Å². The minimum absolute atomic E-state index is 0.0360. The Labute approximate surface area is 355 Å². The van der Waals surface area contributed by atoms with Crippen LogP contribution in [0.1, 0.15) is 111 Å². The molecule has 3 N–H and O–H groups in total. The third-order valence-electron chi connectivity index (χ3n) is 14.7. The highest BCUT2D eigenvalue weighted by Gasteiger charge is 2.46. The predicted octanol–water partition coefficient (Wildman–Crippen LogP) is 3.85. The number of hydrogen-bond acceptors (Lipinski definition) is 9. The number of carbonyl (C=O) groups is 5. The van der Waals surface area contributed by atoms with Gasteiger partial charge in [0.05, 0.1) is 17.7 Å². The normalized spacial score (nSPS) is 23.5. The summed E-state index contributed by atoms with van der Waals surface area (Å²) in [4.78, 5) is 72.0. The maximum absolute atomic E-state index is 13.6. The molecule has 10 rings (SSSR count). The molecule has 3 saturated heterocycles. The van der Waals surface area contributed by atoms with Gasteiger partial charge in [0, 0.05) is 44.2 Å². The fourth-order valence-corrected chi connectivity index (χ4v) is 11.1. The Morgan fingerprint density at radius 1 is 0.721 bits per heavy atom. The van der Waals surface area contributed by atoms with E-state index >= 15 is 0 Å². The molecule has 4 aromatic rings. The second kappa shape index (κ2) is 15.7. The van der Waals surface area contributed by atoms with Crippen molar-refractivity contribution in [2.75, 3.05) is 37.6 Å². The van der Waals surface area contributed by atoms with E-state index in [1.165, 1.54) is 27.9 Å². The van der Waals surface area contributed by atoms with Crippen LogP contribution in [0.25, 0.3) is 0 Å². The molecule has 6 aliphatic rings. The number of benzene rings is 4. The molecular formula is C48H50BN5O7. The molecule has 5 aliphatic heterocycles. The highest BCUT2D eigenvalue weighted by molar-refractivity contribution is 6.58. The molecule has 3 fully saturated rings. The first kappa shape index (κ1) is 39.5. The zero-order valence-corrected chi connectivity index (χ0v) is 34.2. The largest absolute Gasteiger partial charge is 0.488 e. The van der Waals surface area contributed by atoms with Gasteiger partial charge in [0.1, 0.15) is 6.04 Å². The van der Waals surface area contributed by atoms with E-state index in [-0.39, 0.29) is 41.2 Å². The van der Waals surface area contributed by atoms with Gasteiger partial charge in [-0.15, -0.1) is 0 Å². The Kier molecular flexibility index (Phi) is 10.2. The molecule has 0 aromatic heterocycles. The van der Waals surface area contributed by atoms with Crippen LogP contribution < -0.4 is 15.7 Å². The lowest BCUT2D eigenvalue weighted by atomic mass is 9.67. The highest BCUT2D eigenvalue weighted by Crippen LogP contribution is 2.47. The summed E-state index contributed by atoms with van der Waals surface area (Å²) in [6.07, 6.45) is 6.42. The first-order valence-corrected chi connectivity index (χ1v) is 21.8. The van der Waals surface area contributed by atoms with Crippen LogP contribution in [-0.4, -0.2) is 100 Å². The lowest BCUT2D eigenvalue weighted by Crippen LogP contribution is -2.54. The molecule has 5 heterocycles. The second-order valence-corrected chi connectivity index (χ2v) is 18.1. The van der Waals surface area contributed by atoms with Crippen LogP contribution in [0.3, 0.4) is 0 Å². The number of aryl methyl sites for hydroxylation is 1. The van der Waals surface area contributed by atoms with Crippen molar-refractivity contribution in [3.63, 3.8) is 0 Å². The Morgan fingerprint density at radius 2 is 1.38 bits per heavy atom. The summed E-state index contributed by atoms with van der Waals surface area (Å²) in [5.41, 5.74) is 9.28. The quantitative estimate of drug-likeness (QED) is 0.187. The molecule has 1 unspecified atom stereocenters. The van der Waals surface area contributed by atoms with Crippen molar-refractivity contribution in [1.82, 2.24) is 20.0 Å². The van der Waals surface area contributed by atoms with Crippen molar-refractivity contribution in [2.24, 2.45) is 5.41 Å². The van der Waals surface area contributed by atoms with Crippen LogP contribution in [0.15, 0.2) is 84.9 Å². The summed E-state index contributed by atoms with van der Waals surface area (Å²) in [5.74, 6) is -1.57. The van der Waals surface area contributed by atoms with E-state index in [1.807, 2.05) is 12.1 Å². The number of nitrogens with zero attached hydrogens (tertiary/aromatic N) is 4. The zero-order valence-electron chi connectivity index (χ0n) is 34.2. The van der Waals surface area contributed by atoms with E-state index in [1.54, 1.807) is 17.0 Å². The van der Waals surface area contributed by atoms with Crippen molar-refractivity contribution in [3.05, 3.63) is 129 Å². The lowest BCUT2D eigenvalue weighted by Gasteiger charge is -2.47. The fraction of sp³-hybridized carbons (Fsp3) is 0.396. The highest BCUT2D eigenvalue weighted by atomic mass is 16.4. The van der Waals surface area contributed by atoms with E-state index in [0.29, 0.717) is 31.0 Å². The van der Waals surface area contributed by atoms with E-state index < -0.39 is 36.8 Å². The standard InChI is InChI=1S/C48H50BN5O7/c55-42-15-14-41(45(57)50-42)54-46(58)39-25-33-27-53(28-34(33)26-40(39)47(54)59)43(56)29-51-20-16-48(17-21-51)18-22-52(23-19-48)36-10-6-31(7-11-36)44-37(30-4-2-1-3-5-30)12-8-32-24-35(49(60)61)9-13-38(32)44/h1-7,9-11,13,24-26,37,41,44,60-61H,8,12,14-23,27-29H2,(H,50,55,57)/t37-,41?,44+/m1/s1. The van der Waals surface area contributed by atoms with Crippen LogP contribution in [-0.2, 0) is 33.9 Å². The lowest BCUT2D eigenvalue weighted by molar-refractivity contribution is -0.136. The maximum atomic E-state index is 13.6. The SMILES string of the molecule is O=C1CCC(N2C(=O)c3cc4c(cc3C2=O)CN(C(=O)CN2CCC3(CC2)CCN(c2ccc([C@@H]5c6ccc(B(O)O)cc6CC[C@@H]5c5ccccc5)cc2)CC3)C4)C(=O)N1. The molecule has 312 valence electrons. The van der Waals surface area contributed by atoms with Crippen LogP contribution in [0.2, 0.25) is 0 Å². The fourth-order valence-electron chi connectivity index (χ4n) is 11.1. The number of fused-ring (bicyclic) bond motifs is 3. The summed E-state index contributed by atoms with van der Waals surface area (Å²) in [6.45, 7) is 4.82. The summed E-state index contributed by atoms with van der Waals surface area (Å²) in [7, 11) is -1.48.